The van der Waals surface area contributed by atoms with Gasteiger partial charge in [-0.1, -0.05) is 13.8 Å². The molecule has 1 aromatic rings. The lowest BCUT2D eigenvalue weighted by atomic mass is 10.0. The second-order valence-electron chi connectivity index (χ2n) is 5.53. The van der Waals surface area contributed by atoms with Gasteiger partial charge in [-0.05, 0) is 24.1 Å². The van der Waals surface area contributed by atoms with Crippen LogP contribution in [0.5, 0.6) is 11.5 Å². The Hall–Kier alpha value is -1.89. The Kier molecular flexibility index (Phi) is 6.15. The van der Waals surface area contributed by atoms with E-state index < -0.39 is 12.0 Å². The van der Waals surface area contributed by atoms with Gasteiger partial charge in [0.25, 0.3) is 0 Å². The molecular weight excluding hydrogens is 318 g/mol. The SMILES string of the molecule is CC(C)[C@H](NC(=O)CCSc1ccc2c(c1)OCCO2)C(=O)O. The molecule has 0 unspecified atom stereocenters. The molecule has 23 heavy (non-hydrogen) atoms. The Morgan fingerprint density at radius 2 is 1.96 bits per heavy atom. The van der Waals surface area contributed by atoms with Crippen LogP contribution in [-0.4, -0.2) is 42.0 Å². The quantitative estimate of drug-likeness (QED) is 0.741. The van der Waals surface area contributed by atoms with Crippen LogP contribution in [-0.2, 0) is 9.59 Å². The zero-order chi connectivity index (χ0) is 16.8. The summed E-state index contributed by atoms with van der Waals surface area (Å²) in [5.41, 5.74) is 0. The summed E-state index contributed by atoms with van der Waals surface area (Å²) < 4.78 is 11.0. The predicted octanol–water partition coefficient (Wildman–Crippen LogP) is 2.17. The third-order valence-corrected chi connectivity index (χ3v) is 4.36. The number of carbonyl (C=O) groups excluding carboxylic acids is 1. The highest BCUT2D eigenvalue weighted by molar-refractivity contribution is 7.99. The van der Waals surface area contributed by atoms with Gasteiger partial charge in [0.2, 0.25) is 5.91 Å². The number of aliphatic carboxylic acids is 1. The van der Waals surface area contributed by atoms with Crippen LogP contribution in [0.4, 0.5) is 0 Å². The summed E-state index contributed by atoms with van der Waals surface area (Å²) in [5.74, 6) is 0.609. The normalized spacial score (nSPS) is 14.4. The summed E-state index contributed by atoms with van der Waals surface area (Å²) in [6.07, 6.45) is 0.260. The van der Waals surface area contributed by atoms with Crippen molar-refractivity contribution < 1.29 is 24.2 Å². The van der Waals surface area contributed by atoms with Crippen LogP contribution in [0.2, 0.25) is 0 Å². The number of thioether (sulfide) groups is 1. The summed E-state index contributed by atoms with van der Waals surface area (Å²) in [6.45, 7) is 4.63. The summed E-state index contributed by atoms with van der Waals surface area (Å²) in [5, 5.41) is 11.6. The van der Waals surface area contributed by atoms with E-state index >= 15 is 0 Å². The Morgan fingerprint density at radius 3 is 2.61 bits per heavy atom. The smallest absolute Gasteiger partial charge is 0.326 e. The van der Waals surface area contributed by atoms with Crippen molar-refractivity contribution in [3.8, 4) is 11.5 Å². The van der Waals surface area contributed by atoms with Crippen LogP contribution in [0.15, 0.2) is 23.1 Å². The number of rotatable bonds is 7. The topological polar surface area (TPSA) is 84.9 Å². The lowest BCUT2D eigenvalue weighted by Crippen LogP contribution is -2.44. The van der Waals surface area contributed by atoms with Gasteiger partial charge >= 0.3 is 5.97 Å². The Labute approximate surface area is 139 Å². The fraction of sp³-hybridized carbons (Fsp3) is 0.500. The molecule has 2 rings (SSSR count). The molecule has 0 aliphatic carbocycles. The molecule has 0 saturated carbocycles. The molecule has 6 nitrogen and oxygen atoms in total. The minimum Gasteiger partial charge on any atom is -0.486 e. The number of carboxylic acid groups (broad SMARTS) is 1. The zero-order valence-corrected chi connectivity index (χ0v) is 14.0. The average molecular weight is 339 g/mol. The van der Waals surface area contributed by atoms with Crippen LogP contribution in [0.25, 0.3) is 0 Å². The van der Waals surface area contributed by atoms with Crippen LogP contribution in [0.1, 0.15) is 20.3 Å². The highest BCUT2D eigenvalue weighted by Crippen LogP contribution is 2.34. The fourth-order valence-corrected chi connectivity index (χ4v) is 3.01. The Morgan fingerprint density at radius 1 is 1.26 bits per heavy atom. The first-order valence-corrected chi connectivity index (χ1v) is 8.50. The number of benzene rings is 1. The average Bonchev–Trinajstić information content (AvgIpc) is 2.52. The first-order chi connectivity index (χ1) is 11.0. The van der Waals surface area contributed by atoms with Gasteiger partial charge in [0.05, 0.1) is 0 Å². The van der Waals surface area contributed by atoms with Crippen LogP contribution in [0, 0.1) is 5.92 Å². The second-order valence-corrected chi connectivity index (χ2v) is 6.70. The highest BCUT2D eigenvalue weighted by atomic mass is 32.2. The number of hydrogen-bond acceptors (Lipinski definition) is 5. The standard InChI is InChI=1S/C16H21NO5S/c1-10(2)15(16(19)20)17-14(18)5-8-23-11-3-4-12-13(9-11)22-7-6-21-12/h3-4,9-10,15H,5-8H2,1-2H3,(H,17,18)(H,19,20)/t15-/m0/s1. The third kappa shape index (κ3) is 5.06. The summed E-state index contributed by atoms with van der Waals surface area (Å²) in [4.78, 5) is 23.9. The van der Waals surface area contributed by atoms with E-state index in [4.69, 9.17) is 14.6 Å². The van der Waals surface area contributed by atoms with E-state index in [-0.39, 0.29) is 18.2 Å². The number of amides is 1. The maximum absolute atomic E-state index is 11.9. The summed E-state index contributed by atoms with van der Waals surface area (Å²) >= 11 is 1.52. The van der Waals surface area contributed by atoms with Gasteiger partial charge in [0, 0.05) is 17.1 Å². The van der Waals surface area contributed by atoms with Crippen LogP contribution in [0.3, 0.4) is 0 Å². The van der Waals surface area contributed by atoms with Gasteiger partial charge in [0.15, 0.2) is 11.5 Å². The maximum atomic E-state index is 11.9. The molecule has 1 heterocycles. The molecule has 0 fully saturated rings. The van der Waals surface area contributed by atoms with Gasteiger partial charge in [-0.25, -0.2) is 4.79 Å². The van der Waals surface area contributed by atoms with E-state index in [1.54, 1.807) is 13.8 Å². The van der Waals surface area contributed by atoms with Gasteiger partial charge < -0.3 is 19.9 Å². The number of ether oxygens (including phenoxy) is 2. The predicted molar refractivity (Wildman–Crippen MR) is 87.2 cm³/mol. The summed E-state index contributed by atoms with van der Waals surface area (Å²) in [7, 11) is 0. The Bertz CT molecular complexity index is 576. The molecule has 1 aromatic carbocycles. The molecule has 1 amide bonds. The van der Waals surface area contributed by atoms with Crippen molar-refractivity contribution >= 4 is 23.6 Å². The van der Waals surface area contributed by atoms with E-state index in [1.165, 1.54) is 11.8 Å². The molecule has 1 atom stereocenters. The number of carbonyl (C=O) groups is 2. The number of carboxylic acids is 1. The molecule has 2 N–H and O–H groups in total. The van der Waals surface area contributed by atoms with Crippen molar-refractivity contribution in [1.29, 1.82) is 0 Å². The monoisotopic (exact) mass is 339 g/mol. The minimum absolute atomic E-state index is 0.151. The van der Waals surface area contributed by atoms with Crippen molar-refractivity contribution in [2.45, 2.75) is 31.2 Å². The molecule has 0 aromatic heterocycles. The zero-order valence-electron chi connectivity index (χ0n) is 13.2. The van der Waals surface area contributed by atoms with Gasteiger partial charge in [-0.3, -0.25) is 4.79 Å². The summed E-state index contributed by atoms with van der Waals surface area (Å²) in [6, 6.07) is 4.83. The van der Waals surface area contributed by atoms with E-state index in [0.717, 1.165) is 16.4 Å². The van der Waals surface area contributed by atoms with E-state index in [2.05, 4.69) is 5.32 Å². The third-order valence-electron chi connectivity index (χ3n) is 3.36. The lowest BCUT2D eigenvalue weighted by Gasteiger charge is -2.19. The molecule has 7 heteroatoms. The molecule has 0 radical (unpaired) electrons. The first-order valence-electron chi connectivity index (χ1n) is 7.52. The molecule has 126 valence electrons. The van der Waals surface area contributed by atoms with Crippen molar-refractivity contribution in [3.63, 3.8) is 0 Å². The molecule has 0 saturated heterocycles. The molecule has 0 bridgehead atoms. The van der Waals surface area contributed by atoms with Gasteiger partial charge in [-0.2, -0.15) is 0 Å². The van der Waals surface area contributed by atoms with Crippen LogP contribution < -0.4 is 14.8 Å². The fourth-order valence-electron chi connectivity index (χ4n) is 2.13. The van der Waals surface area contributed by atoms with Crippen molar-refractivity contribution in [2.24, 2.45) is 5.92 Å². The van der Waals surface area contributed by atoms with Gasteiger partial charge in [-0.15, -0.1) is 11.8 Å². The number of fused-ring (bicyclic) bond motifs is 1. The van der Waals surface area contributed by atoms with E-state index in [1.807, 2.05) is 18.2 Å². The first kappa shape index (κ1) is 17.5. The van der Waals surface area contributed by atoms with Crippen molar-refractivity contribution in [3.05, 3.63) is 18.2 Å². The van der Waals surface area contributed by atoms with Crippen molar-refractivity contribution in [2.75, 3.05) is 19.0 Å². The lowest BCUT2D eigenvalue weighted by molar-refractivity contribution is -0.143. The number of nitrogens with one attached hydrogen (secondary N) is 1. The second kappa shape index (κ2) is 8.10. The Balaban J connectivity index is 1.80. The molecular formula is C16H21NO5S. The molecule has 1 aliphatic heterocycles. The maximum Gasteiger partial charge on any atom is 0.326 e. The largest absolute Gasteiger partial charge is 0.486 e. The van der Waals surface area contributed by atoms with Crippen molar-refractivity contribution in [1.82, 2.24) is 5.32 Å². The number of hydrogen-bond donors (Lipinski definition) is 2. The van der Waals surface area contributed by atoms with E-state index in [9.17, 15) is 9.59 Å². The van der Waals surface area contributed by atoms with Gasteiger partial charge in [0.1, 0.15) is 19.3 Å². The highest BCUT2D eigenvalue weighted by Gasteiger charge is 2.23. The molecule has 1 aliphatic rings. The minimum atomic E-state index is -1.01. The van der Waals surface area contributed by atoms with Crippen LogP contribution >= 0.6 is 11.8 Å². The van der Waals surface area contributed by atoms with E-state index in [0.29, 0.717) is 19.0 Å². The molecule has 0 spiro atoms.